The van der Waals surface area contributed by atoms with E-state index in [1.54, 1.807) is 43.5 Å². The fourth-order valence-corrected chi connectivity index (χ4v) is 2.76. The van der Waals surface area contributed by atoms with Crippen molar-refractivity contribution in [2.75, 3.05) is 26.3 Å². The summed E-state index contributed by atoms with van der Waals surface area (Å²) in [5.41, 5.74) is 1.42. The lowest BCUT2D eigenvalue weighted by Crippen LogP contribution is -2.14. The molecule has 3 aromatic rings. The molecular formula is C19H17N3O6. The van der Waals surface area contributed by atoms with E-state index in [9.17, 15) is 4.79 Å². The first kappa shape index (κ1) is 17.7. The second kappa shape index (κ2) is 7.47. The van der Waals surface area contributed by atoms with Crippen molar-refractivity contribution in [1.82, 2.24) is 10.2 Å². The van der Waals surface area contributed by atoms with Crippen molar-refractivity contribution in [1.29, 1.82) is 0 Å². The van der Waals surface area contributed by atoms with Gasteiger partial charge in [-0.05, 0) is 35.9 Å². The fourth-order valence-electron chi connectivity index (χ4n) is 2.76. The van der Waals surface area contributed by atoms with Crippen LogP contribution in [0.1, 0.15) is 5.56 Å². The fraction of sp³-hybridized carbons (Fsp3) is 0.211. The van der Waals surface area contributed by atoms with Crippen molar-refractivity contribution in [2.24, 2.45) is 0 Å². The molecule has 1 aromatic heterocycles. The van der Waals surface area contributed by atoms with Crippen molar-refractivity contribution in [3.05, 3.63) is 42.0 Å². The van der Waals surface area contributed by atoms with Gasteiger partial charge in [0.05, 0.1) is 20.6 Å². The van der Waals surface area contributed by atoms with Gasteiger partial charge in [-0.3, -0.25) is 10.1 Å². The lowest BCUT2D eigenvalue weighted by molar-refractivity contribution is -0.115. The van der Waals surface area contributed by atoms with E-state index in [2.05, 4.69) is 15.5 Å². The van der Waals surface area contributed by atoms with Crippen LogP contribution in [0.3, 0.4) is 0 Å². The molecule has 9 nitrogen and oxygen atoms in total. The Morgan fingerprint density at radius 1 is 1.04 bits per heavy atom. The monoisotopic (exact) mass is 383 g/mol. The molecule has 0 spiro atoms. The van der Waals surface area contributed by atoms with Gasteiger partial charge < -0.3 is 23.4 Å². The summed E-state index contributed by atoms with van der Waals surface area (Å²) in [6.07, 6.45) is 0.130. The Morgan fingerprint density at radius 3 is 2.68 bits per heavy atom. The van der Waals surface area contributed by atoms with E-state index in [1.807, 2.05) is 0 Å². The maximum atomic E-state index is 12.3. The highest BCUT2D eigenvalue weighted by Gasteiger charge is 2.16. The second-order valence-corrected chi connectivity index (χ2v) is 5.89. The summed E-state index contributed by atoms with van der Waals surface area (Å²) in [6, 6.07) is 10.6. The van der Waals surface area contributed by atoms with E-state index < -0.39 is 0 Å². The molecule has 1 amide bonds. The van der Waals surface area contributed by atoms with Crippen LogP contribution in [0.5, 0.6) is 23.0 Å². The predicted molar refractivity (Wildman–Crippen MR) is 97.7 cm³/mol. The molecule has 0 unspecified atom stereocenters. The summed E-state index contributed by atoms with van der Waals surface area (Å²) in [5, 5.41) is 10.4. The lowest BCUT2D eigenvalue weighted by Gasteiger charge is -2.07. The van der Waals surface area contributed by atoms with Gasteiger partial charge in [-0.1, -0.05) is 11.2 Å². The smallest absolute Gasteiger partial charge is 0.322 e. The number of hydrogen-bond donors (Lipinski definition) is 1. The van der Waals surface area contributed by atoms with Crippen LogP contribution in [0.4, 0.5) is 6.01 Å². The number of carbonyl (C=O) groups excluding carboxylic acids is 1. The van der Waals surface area contributed by atoms with Gasteiger partial charge >= 0.3 is 6.01 Å². The first-order valence-electron chi connectivity index (χ1n) is 8.40. The molecule has 4 rings (SSSR count). The summed E-state index contributed by atoms with van der Waals surface area (Å²) in [4.78, 5) is 12.3. The van der Waals surface area contributed by atoms with E-state index in [1.165, 1.54) is 7.11 Å². The maximum absolute atomic E-state index is 12.3. The summed E-state index contributed by atoms with van der Waals surface area (Å²) in [7, 11) is 3.09. The molecule has 1 N–H and O–H groups in total. The standard InChI is InChI=1S/C19H17N3O6/c1-24-13-6-4-12(9-15(13)25-2)18-21-22-19(28-18)20-17(23)8-11-3-5-14-16(7-11)27-10-26-14/h3-7,9H,8,10H2,1-2H3,(H,20,22,23). The van der Waals surface area contributed by atoms with Gasteiger partial charge in [0.2, 0.25) is 18.6 Å². The summed E-state index contributed by atoms with van der Waals surface area (Å²) in [6.45, 7) is 0.186. The molecule has 0 radical (unpaired) electrons. The Balaban J connectivity index is 1.44. The van der Waals surface area contributed by atoms with E-state index in [0.29, 0.717) is 28.6 Å². The molecule has 0 atom stereocenters. The van der Waals surface area contributed by atoms with Gasteiger partial charge in [-0.25, -0.2) is 0 Å². The Kier molecular flexibility index (Phi) is 4.71. The zero-order valence-corrected chi connectivity index (χ0v) is 15.2. The maximum Gasteiger partial charge on any atom is 0.322 e. The highest BCUT2D eigenvalue weighted by molar-refractivity contribution is 5.90. The molecule has 9 heteroatoms. The summed E-state index contributed by atoms with van der Waals surface area (Å²) >= 11 is 0. The minimum absolute atomic E-state index is 0.00975. The number of methoxy groups -OCH3 is 2. The van der Waals surface area contributed by atoms with Crippen molar-refractivity contribution >= 4 is 11.9 Å². The molecule has 0 saturated heterocycles. The topological polar surface area (TPSA) is 105 Å². The second-order valence-electron chi connectivity index (χ2n) is 5.89. The number of carbonyl (C=O) groups is 1. The predicted octanol–water partition coefficient (Wildman–Crippen LogP) is 2.66. The molecule has 0 saturated carbocycles. The third-order valence-electron chi connectivity index (χ3n) is 4.10. The molecule has 2 aromatic carbocycles. The number of benzene rings is 2. The average molecular weight is 383 g/mol. The van der Waals surface area contributed by atoms with Gasteiger partial charge in [0.1, 0.15) is 0 Å². The minimum Gasteiger partial charge on any atom is -0.493 e. The van der Waals surface area contributed by atoms with Crippen LogP contribution in [0.2, 0.25) is 0 Å². The van der Waals surface area contributed by atoms with Crippen LogP contribution < -0.4 is 24.3 Å². The van der Waals surface area contributed by atoms with Crippen molar-refractivity contribution in [3.8, 4) is 34.5 Å². The quantitative estimate of drug-likeness (QED) is 0.693. The summed E-state index contributed by atoms with van der Waals surface area (Å²) in [5.74, 6) is 2.37. The zero-order chi connectivity index (χ0) is 19.5. The number of aromatic nitrogens is 2. The van der Waals surface area contributed by atoms with E-state index in [4.69, 9.17) is 23.4 Å². The summed E-state index contributed by atoms with van der Waals surface area (Å²) < 4.78 is 26.6. The number of amides is 1. The number of nitrogens with one attached hydrogen (secondary N) is 1. The number of hydrogen-bond acceptors (Lipinski definition) is 8. The number of fused-ring (bicyclic) bond motifs is 1. The first-order valence-corrected chi connectivity index (χ1v) is 8.40. The third-order valence-corrected chi connectivity index (χ3v) is 4.10. The van der Waals surface area contributed by atoms with Gasteiger partial charge in [0.15, 0.2) is 23.0 Å². The third kappa shape index (κ3) is 3.54. The molecular weight excluding hydrogens is 366 g/mol. The molecule has 28 heavy (non-hydrogen) atoms. The Bertz CT molecular complexity index is 1020. The Morgan fingerprint density at radius 2 is 1.86 bits per heavy atom. The van der Waals surface area contributed by atoms with Crippen LogP contribution in [0, 0.1) is 0 Å². The molecule has 0 fully saturated rings. The van der Waals surface area contributed by atoms with E-state index in [-0.39, 0.29) is 31.0 Å². The number of rotatable bonds is 6. The van der Waals surface area contributed by atoms with Crippen molar-refractivity contribution < 1.29 is 28.2 Å². The SMILES string of the molecule is COc1ccc(-c2nnc(NC(=O)Cc3ccc4c(c3)OCO4)o2)cc1OC. The largest absolute Gasteiger partial charge is 0.493 e. The van der Waals surface area contributed by atoms with Crippen LogP contribution in [0.15, 0.2) is 40.8 Å². The average Bonchev–Trinajstić information content (AvgIpc) is 3.36. The molecule has 1 aliphatic rings. The van der Waals surface area contributed by atoms with E-state index in [0.717, 1.165) is 5.56 Å². The zero-order valence-electron chi connectivity index (χ0n) is 15.2. The van der Waals surface area contributed by atoms with Gasteiger partial charge in [-0.2, -0.15) is 0 Å². The first-order chi connectivity index (χ1) is 13.7. The molecule has 144 valence electrons. The van der Waals surface area contributed by atoms with Crippen LogP contribution >= 0.6 is 0 Å². The molecule has 2 heterocycles. The van der Waals surface area contributed by atoms with Gasteiger partial charge in [-0.15, -0.1) is 5.10 Å². The number of nitrogens with zero attached hydrogens (tertiary/aromatic N) is 2. The Hall–Kier alpha value is -3.75. The van der Waals surface area contributed by atoms with Crippen LogP contribution in [0.25, 0.3) is 11.5 Å². The van der Waals surface area contributed by atoms with Crippen LogP contribution in [-0.2, 0) is 11.2 Å². The normalized spacial score (nSPS) is 11.9. The minimum atomic E-state index is -0.290. The number of anilines is 1. The molecule has 1 aliphatic heterocycles. The Labute approximate surface area is 160 Å². The van der Waals surface area contributed by atoms with E-state index >= 15 is 0 Å². The molecule has 0 bridgehead atoms. The van der Waals surface area contributed by atoms with Gasteiger partial charge in [0.25, 0.3) is 0 Å². The lowest BCUT2D eigenvalue weighted by atomic mass is 10.1. The van der Waals surface area contributed by atoms with Gasteiger partial charge in [0, 0.05) is 5.56 Å². The van der Waals surface area contributed by atoms with Crippen molar-refractivity contribution in [3.63, 3.8) is 0 Å². The number of ether oxygens (including phenoxy) is 4. The highest BCUT2D eigenvalue weighted by atomic mass is 16.7. The molecule has 0 aliphatic carbocycles. The van der Waals surface area contributed by atoms with Crippen molar-refractivity contribution in [2.45, 2.75) is 6.42 Å². The highest BCUT2D eigenvalue weighted by Crippen LogP contribution is 2.33. The van der Waals surface area contributed by atoms with Crippen LogP contribution in [-0.4, -0.2) is 37.1 Å².